The van der Waals surface area contributed by atoms with E-state index in [1.807, 2.05) is 48.5 Å². The largest absolute Gasteiger partial charge is 0.325 e. The molecule has 2 amide bonds. The molecular weight excluding hydrogens is 460 g/mol. The first-order valence-electron chi connectivity index (χ1n) is 11.1. The van der Waals surface area contributed by atoms with Gasteiger partial charge in [0.15, 0.2) is 0 Å². The minimum Gasteiger partial charge on any atom is -0.325 e. The Hall–Kier alpha value is -5.12. The first-order chi connectivity index (χ1) is 17.4. The van der Waals surface area contributed by atoms with Crippen LogP contribution in [0.25, 0.3) is 11.3 Å². The highest BCUT2D eigenvalue weighted by molar-refractivity contribution is 6.24. The van der Waals surface area contributed by atoms with Crippen LogP contribution in [-0.2, 0) is 9.59 Å². The fraction of sp³-hybridized carbons (Fsp3) is 0.0769. The van der Waals surface area contributed by atoms with Crippen LogP contribution in [0.15, 0.2) is 84.0 Å². The average molecular weight is 480 g/mol. The van der Waals surface area contributed by atoms with E-state index in [1.54, 1.807) is 18.3 Å². The summed E-state index contributed by atoms with van der Waals surface area (Å²) in [5.74, 6) is -1.04. The number of rotatable bonds is 6. The Kier molecular flexibility index (Phi) is 5.83. The van der Waals surface area contributed by atoms with Gasteiger partial charge in [-0.3, -0.25) is 30.0 Å². The van der Waals surface area contributed by atoms with Crippen molar-refractivity contribution in [1.82, 2.24) is 9.97 Å². The van der Waals surface area contributed by atoms with Gasteiger partial charge in [-0.25, -0.2) is 4.98 Å². The molecule has 3 aromatic carbocycles. The number of nitrogens with zero attached hydrogens (tertiary/aromatic N) is 3. The molecule has 1 atom stereocenters. The fourth-order valence-corrected chi connectivity index (χ4v) is 4.12. The molecule has 1 aromatic heterocycles. The molecule has 1 unspecified atom stereocenters. The zero-order chi connectivity index (χ0) is 25.2. The third kappa shape index (κ3) is 4.47. The van der Waals surface area contributed by atoms with Gasteiger partial charge < -0.3 is 10.3 Å². The predicted octanol–water partition coefficient (Wildman–Crippen LogP) is 4.80. The number of aliphatic imine (C=N–C) groups is 1. The summed E-state index contributed by atoms with van der Waals surface area (Å²) in [6.07, 6.45) is 1.60. The Labute approximate surface area is 205 Å². The first-order valence-corrected chi connectivity index (χ1v) is 11.1. The van der Waals surface area contributed by atoms with Crippen LogP contribution >= 0.6 is 0 Å². The number of aromatic nitrogens is 2. The number of amides is 2. The Balaban J connectivity index is 1.60. The molecule has 0 saturated carbocycles. The van der Waals surface area contributed by atoms with Gasteiger partial charge in [0, 0.05) is 35.9 Å². The lowest BCUT2D eigenvalue weighted by Crippen LogP contribution is -2.22. The summed E-state index contributed by atoms with van der Waals surface area (Å²) in [5.41, 5.74) is 4.14. The number of imidazole rings is 1. The number of carbonyl (C=O) groups excluding carboxylic acids is 2. The molecule has 178 valence electrons. The standard InChI is InChI=1S/C26H20N6O4/c1-15(33)28-26-27-14-22(31-26)17-8-5-9-18(12-17)29-24(16-6-3-2-4-7-16)23-20-13-19(32(35)36)10-11-21(20)30-25(23)34/h2-14,23H,1H3,(H,30,34)(H2,27,28,31,33). The Morgan fingerprint density at radius 1 is 1.08 bits per heavy atom. The molecule has 0 fully saturated rings. The zero-order valence-electron chi connectivity index (χ0n) is 19.1. The van der Waals surface area contributed by atoms with Crippen LogP contribution in [0.3, 0.4) is 0 Å². The number of non-ortho nitro benzene ring substituents is 1. The van der Waals surface area contributed by atoms with Crippen LogP contribution in [-0.4, -0.2) is 32.4 Å². The van der Waals surface area contributed by atoms with Crippen LogP contribution < -0.4 is 10.6 Å². The first kappa shape index (κ1) is 22.7. The van der Waals surface area contributed by atoms with Gasteiger partial charge in [-0.1, -0.05) is 42.5 Å². The van der Waals surface area contributed by atoms with Crippen molar-refractivity contribution in [2.45, 2.75) is 12.8 Å². The highest BCUT2D eigenvalue weighted by atomic mass is 16.6. The van der Waals surface area contributed by atoms with Crippen molar-refractivity contribution >= 4 is 40.5 Å². The monoisotopic (exact) mass is 480 g/mol. The van der Waals surface area contributed by atoms with Crippen molar-refractivity contribution in [1.29, 1.82) is 0 Å². The number of H-pyrrole nitrogens is 1. The van der Waals surface area contributed by atoms with E-state index in [0.717, 1.165) is 11.1 Å². The smallest absolute Gasteiger partial charge is 0.269 e. The molecule has 0 bridgehead atoms. The van der Waals surface area contributed by atoms with Gasteiger partial charge in [0.2, 0.25) is 17.8 Å². The van der Waals surface area contributed by atoms with Gasteiger partial charge in [0.05, 0.1) is 28.2 Å². The molecule has 36 heavy (non-hydrogen) atoms. The Morgan fingerprint density at radius 3 is 2.64 bits per heavy atom. The molecule has 0 saturated heterocycles. The number of carbonyl (C=O) groups is 2. The highest BCUT2D eigenvalue weighted by Gasteiger charge is 2.36. The molecule has 1 aliphatic heterocycles. The van der Waals surface area contributed by atoms with Crippen LogP contribution in [0.4, 0.5) is 23.0 Å². The molecule has 0 spiro atoms. The molecule has 5 rings (SSSR count). The second kappa shape index (κ2) is 9.26. The van der Waals surface area contributed by atoms with Crippen LogP contribution in [0, 0.1) is 10.1 Å². The number of hydrogen-bond acceptors (Lipinski definition) is 6. The summed E-state index contributed by atoms with van der Waals surface area (Å²) >= 11 is 0. The van der Waals surface area contributed by atoms with E-state index >= 15 is 0 Å². The maximum atomic E-state index is 13.1. The lowest BCUT2D eigenvalue weighted by molar-refractivity contribution is -0.384. The van der Waals surface area contributed by atoms with E-state index in [-0.39, 0.29) is 17.5 Å². The number of nitro benzene ring substituents is 1. The number of anilines is 2. The maximum Gasteiger partial charge on any atom is 0.269 e. The minimum absolute atomic E-state index is 0.0983. The van der Waals surface area contributed by atoms with Crippen molar-refractivity contribution < 1.29 is 14.5 Å². The number of nitrogens with one attached hydrogen (secondary N) is 3. The molecule has 1 aliphatic rings. The van der Waals surface area contributed by atoms with Gasteiger partial charge >= 0.3 is 0 Å². The van der Waals surface area contributed by atoms with E-state index in [9.17, 15) is 19.7 Å². The summed E-state index contributed by atoms with van der Waals surface area (Å²) in [5, 5.41) is 16.8. The van der Waals surface area contributed by atoms with Crippen LogP contribution in [0.2, 0.25) is 0 Å². The molecule has 2 heterocycles. The van der Waals surface area contributed by atoms with Crippen molar-refractivity contribution in [3.63, 3.8) is 0 Å². The molecular formula is C26H20N6O4. The quantitative estimate of drug-likeness (QED) is 0.206. The van der Waals surface area contributed by atoms with Crippen LogP contribution in [0.1, 0.15) is 24.0 Å². The van der Waals surface area contributed by atoms with E-state index in [2.05, 4.69) is 20.6 Å². The van der Waals surface area contributed by atoms with Crippen molar-refractivity contribution in [2.75, 3.05) is 10.6 Å². The number of nitro groups is 1. The number of benzene rings is 3. The maximum absolute atomic E-state index is 13.1. The van der Waals surface area contributed by atoms with Crippen molar-refractivity contribution in [3.8, 4) is 11.3 Å². The molecule has 10 nitrogen and oxygen atoms in total. The molecule has 4 aromatic rings. The van der Waals surface area contributed by atoms with E-state index in [1.165, 1.54) is 19.1 Å². The van der Waals surface area contributed by atoms with Gasteiger partial charge in [0.1, 0.15) is 5.92 Å². The Morgan fingerprint density at radius 2 is 1.89 bits per heavy atom. The van der Waals surface area contributed by atoms with Crippen molar-refractivity contribution in [2.24, 2.45) is 4.99 Å². The lowest BCUT2D eigenvalue weighted by Gasteiger charge is -2.14. The number of hydrogen-bond donors (Lipinski definition) is 3. The van der Waals surface area contributed by atoms with Crippen molar-refractivity contribution in [3.05, 3.63) is 100 Å². The molecule has 3 N–H and O–H groups in total. The number of fused-ring (bicyclic) bond motifs is 1. The summed E-state index contributed by atoms with van der Waals surface area (Å²) in [6.45, 7) is 1.40. The van der Waals surface area contributed by atoms with Gasteiger partial charge in [-0.05, 0) is 23.8 Å². The average Bonchev–Trinajstić information content (AvgIpc) is 3.46. The van der Waals surface area contributed by atoms with E-state index < -0.39 is 10.8 Å². The second-order valence-electron chi connectivity index (χ2n) is 8.19. The second-order valence-corrected chi connectivity index (χ2v) is 8.19. The lowest BCUT2D eigenvalue weighted by atomic mass is 9.90. The van der Waals surface area contributed by atoms with E-state index in [4.69, 9.17) is 4.99 Å². The minimum atomic E-state index is -0.829. The molecule has 0 aliphatic carbocycles. The SMILES string of the molecule is CC(=O)Nc1ncc(-c2cccc(N=C(c3ccccc3)C3C(=O)Nc4ccc([N+](=O)[O-])cc43)c2)[nH]1. The van der Waals surface area contributed by atoms with E-state index in [0.29, 0.717) is 34.3 Å². The van der Waals surface area contributed by atoms with Crippen LogP contribution in [0.5, 0.6) is 0 Å². The third-order valence-corrected chi connectivity index (χ3v) is 5.70. The normalized spacial score (nSPS) is 14.8. The van der Waals surface area contributed by atoms with Gasteiger partial charge in [-0.2, -0.15) is 0 Å². The fourth-order valence-electron chi connectivity index (χ4n) is 4.12. The summed E-state index contributed by atoms with van der Waals surface area (Å²) in [6, 6.07) is 20.9. The molecule has 10 heteroatoms. The summed E-state index contributed by atoms with van der Waals surface area (Å²) < 4.78 is 0. The molecule has 0 radical (unpaired) electrons. The van der Waals surface area contributed by atoms with Gasteiger partial charge in [-0.15, -0.1) is 0 Å². The van der Waals surface area contributed by atoms with Gasteiger partial charge in [0.25, 0.3) is 5.69 Å². The Bertz CT molecular complexity index is 1530. The third-order valence-electron chi connectivity index (χ3n) is 5.70. The highest BCUT2D eigenvalue weighted by Crippen LogP contribution is 2.38. The summed E-state index contributed by atoms with van der Waals surface area (Å²) in [4.78, 5) is 47.4. The predicted molar refractivity (Wildman–Crippen MR) is 135 cm³/mol. The summed E-state index contributed by atoms with van der Waals surface area (Å²) in [7, 11) is 0. The topological polar surface area (TPSA) is 142 Å². The number of aromatic amines is 1. The zero-order valence-corrected chi connectivity index (χ0v) is 19.1.